The maximum absolute atomic E-state index is 11.4. The number of aromatic nitrogens is 1. The number of ketones is 1. The Labute approximate surface area is 106 Å². The number of rotatable bonds is 6. The van der Waals surface area contributed by atoms with Crippen LogP contribution in [0.2, 0.25) is 0 Å². The van der Waals surface area contributed by atoms with Crippen LogP contribution in [0.1, 0.15) is 25.8 Å². The van der Waals surface area contributed by atoms with Crippen LogP contribution in [0.3, 0.4) is 0 Å². The molecular weight excluding hydrogens is 232 g/mol. The van der Waals surface area contributed by atoms with Gasteiger partial charge in [0.05, 0.1) is 0 Å². The SMILES string of the molecule is CCC[n+]1ccc(C[C@](N)(C(C)=O)C(=O)O)cc1. The van der Waals surface area contributed by atoms with Gasteiger partial charge in [-0.25, -0.2) is 9.36 Å². The van der Waals surface area contributed by atoms with Crippen molar-refractivity contribution < 1.29 is 19.3 Å². The summed E-state index contributed by atoms with van der Waals surface area (Å²) in [6.07, 6.45) is 4.75. The standard InChI is InChI=1S/C13H18N2O3/c1-3-6-15-7-4-11(5-8-15)9-13(14,10(2)16)12(17)18/h4-5,7-8H,3,6,9,14H2,1-2H3/p+1/t13-/m0/s1. The molecule has 1 heterocycles. The summed E-state index contributed by atoms with van der Waals surface area (Å²) >= 11 is 0. The molecule has 0 aliphatic rings. The summed E-state index contributed by atoms with van der Waals surface area (Å²) in [7, 11) is 0. The van der Waals surface area contributed by atoms with Gasteiger partial charge < -0.3 is 10.8 Å². The normalized spacial score (nSPS) is 13.9. The van der Waals surface area contributed by atoms with Gasteiger partial charge in [0.2, 0.25) is 0 Å². The number of aliphatic carboxylic acids is 1. The van der Waals surface area contributed by atoms with E-state index in [1.54, 1.807) is 12.1 Å². The van der Waals surface area contributed by atoms with Gasteiger partial charge in [-0.15, -0.1) is 0 Å². The fraction of sp³-hybridized carbons (Fsp3) is 0.462. The molecule has 0 saturated carbocycles. The lowest BCUT2D eigenvalue weighted by Gasteiger charge is -2.21. The largest absolute Gasteiger partial charge is 0.480 e. The average molecular weight is 251 g/mol. The predicted octanol–water partition coefficient (Wildman–Crippen LogP) is 0.298. The zero-order chi connectivity index (χ0) is 13.8. The summed E-state index contributed by atoms with van der Waals surface area (Å²) in [5.74, 6) is -1.83. The third-order valence-corrected chi connectivity index (χ3v) is 2.93. The van der Waals surface area contributed by atoms with Gasteiger partial charge in [-0.2, -0.15) is 0 Å². The molecule has 98 valence electrons. The predicted molar refractivity (Wildman–Crippen MR) is 65.9 cm³/mol. The van der Waals surface area contributed by atoms with Crippen molar-refractivity contribution >= 4 is 11.8 Å². The first kappa shape index (κ1) is 14.3. The number of hydrogen-bond donors (Lipinski definition) is 2. The van der Waals surface area contributed by atoms with E-state index in [0.717, 1.165) is 18.5 Å². The molecule has 0 aliphatic heterocycles. The monoisotopic (exact) mass is 251 g/mol. The molecule has 1 rings (SSSR count). The molecule has 1 atom stereocenters. The van der Waals surface area contributed by atoms with Gasteiger partial charge in [0.15, 0.2) is 23.7 Å². The lowest BCUT2D eigenvalue weighted by atomic mass is 9.89. The molecule has 5 heteroatoms. The highest BCUT2D eigenvalue weighted by molar-refractivity contribution is 6.06. The first-order valence-electron chi connectivity index (χ1n) is 5.91. The Kier molecular flexibility index (Phi) is 4.55. The Morgan fingerprint density at radius 3 is 2.33 bits per heavy atom. The maximum Gasteiger partial charge on any atom is 0.331 e. The zero-order valence-corrected chi connectivity index (χ0v) is 10.7. The number of aryl methyl sites for hydroxylation is 1. The summed E-state index contributed by atoms with van der Waals surface area (Å²) < 4.78 is 2.00. The molecule has 0 aromatic carbocycles. The lowest BCUT2D eigenvalue weighted by Crippen LogP contribution is -2.55. The van der Waals surface area contributed by atoms with E-state index in [9.17, 15) is 9.59 Å². The van der Waals surface area contributed by atoms with E-state index >= 15 is 0 Å². The summed E-state index contributed by atoms with van der Waals surface area (Å²) in [6.45, 7) is 4.18. The average Bonchev–Trinajstić information content (AvgIpc) is 2.31. The second kappa shape index (κ2) is 5.73. The molecule has 0 fully saturated rings. The van der Waals surface area contributed by atoms with Crippen molar-refractivity contribution in [2.24, 2.45) is 5.73 Å². The van der Waals surface area contributed by atoms with E-state index in [4.69, 9.17) is 10.8 Å². The second-order valence-corrected chi connectivity index (χ2v) is 4.45. The lowest BCUT2D eigenvalue weighted by molar-refractivity contribution is -0.697. The van der Waals surface area contributed by atoms with Gasteiger partial charge in [0.25, 0.3) is 0 Å². The van der Waals surface area contributed by atoms with E-state index in [0.29, 0.717) is 0 Å². The molecule has 0 bridgehead atoms. The Morgan fingerprint density at radius 2 is 1.94 bits per heavy atom. The Hall–Kier alpha value is -1.75. The highest BCUT2D eigenvalue weighted by Crippen LogP contribution is 2.12. The van der Waals surface area contributed by atoms with Crippen LogP contribution >= 0.6 is 0 Å². The van der Waals surface area contributed by atoms with Gasteiger partial charge >= 0.3 is 5.97 Å². The molecule has 0 amide bonds. The number of carboxylic acid groups (broad SMARTS) is 1. The number of pyridine rings is 1. The topological polar surface area (TPSA) is 84.3 Å². The minimum absolute atomic E-state index is 0.00459. The second-order valence-electron chi connectivity index (χ2n) is 4.45. The molecule has 1 aromatic rings. The van der Waals surface area contributed by atoms with E-state index < -0.39 is 17.3 Å². The van der Waals surface area contributed by atoms with Crippen molar-refractivity contribution in [2.75, 3.05) is 0 Å². The van der Waals surface area contributed by atoms with Crippen LogP contribution in [0.5, 0.6) is 0 Å². The van der Waals surface area contributed by atoms with Crippen molar-refractivity contribution in [2.45, 2.75) is 38.8 Å². The Bertz CT molecular complexity index is 426. The van der Waals surface area contributed by atoms with Crippen molar-refractivity contribution in [1.29, 1.82) is 0 Å². The molecule has 1 aromatic heterocycles. The van der Waals surface area contributed by atoms with Crippen molar-refractivity contribution in [1.82, 2.24) is 0 Å². The van der Waals surface area contributed by atoms with Gasteiger partial charge in [-0.05, 0) is 12.5 Å². The first-order valence-corrected chi connectivity index (χ1v) is 5.91. The molecule has 0 unspecified atom stereocenters. The minimum atomic E-state index is -1.84. The maximum atomic E-state index is 11.4. The number of Topliss-reactive ketones (excluding diaryl/α,β-unsaturated/α-hetero) is 1. The summed E-state index contributed by atoms with van der Waals surface area (Å²) in [5, 5.41) is 9.05. The highest BCUT2D eigenvalue weighted by atomic mass is 16.4. The summed E-state index contributed by atoms with van der Waals surface area (Å²) in [6, 6.07) is 3.59. The number of nitrogens with zero attached hydrogens (tertiary/aromatic N) is 1. The summed E-state index contributed by atoms with van der Waals surface area (Å²) in [4.78, 5) is 22.5. The van der Waals surface area contributed by atoms with Crippen LogP contribution in [-0.4, -0.2) is 22.4 Å². The number of hydrogen-bond acceptors (Lipinski definition) is 3. The van der Waals surface area contributed by atoms with Crippen LogP contribution in [0.25, 0.3) is 0 Å². The van der Waals surface area contributed by atoms with Gasteiger partial charge in [0, 0.05) is 25.0 Å². The molecule has 0 aliphatic carbocycles. The van der Waals surface area contributed by atoms with E-state index in [-0.39, 0.29) is 6.42 Å². The van der Waals surface area contributed by atoms with Crippen molar-refractivity contribution in [3.05, 3.63) is 30.1 Å². The number of nitrogens with two attached hydrogens (primary N) is 1. The quantitative estimate of drug-likeness (QED) is 0.562. The summed E-state index contributed by atoms with van der Waals surface area (Å²) in [5.41, 5.74) is 4.56. The van der Waals surface area contributed by atoms with E-state index in [2.05, 4.69) is 6.92 Å². The number of carboxylic acids is 1. The van der Waals surface area contributed by atoms with Crippen LogP contribution in [0.15, 0.2) is 24.5 Å². The number of carbonyl (C=O) groups is 2. The minimum Gasteiger partial charge on any atom is -0.480 e. The van der Waals surface area contributed by atoms with Gasteiger partial charge in [-0.1, -0.05) is 6.92 Å². The molecule has 18 heavy (non-hydrogen) atoms. The molecule has 3 N–H and O–H groups in total. The van der Waals surface area contributed by atoms with Crippen LogP contribution in [0.4, 0.5) is 0 Å². The molecule has 0 radical (unpaired) electrons. The highest BCUT2D eigenvalue weighted by Gasteiger charge is 2.39. The van der Waals surface area contributed by atoms with Crippen LogP contribution in [-0.2, 0) is 22.6 Å². The van der Waals surface area contributed by atoms with Gasteiger partial charge in [-0.3, -0.25) is 4.79 Å². The van der Waals surface area contributed by atoms with Gasteiger partial charge in [0.1, 0.15) is 6.54 Å². The first-order chi connectivity index (χ1) is 8.40. The fourth-order valence-electron chi connectivity index (χ4n) is 1.69. The fourth-order valence-corrected chi connectivity index (χ4v) is 1.69. The van der Waals surface area contributed by atoms with Crippen molar-refractivity contribution in [3.8, 4) is 0 Å². The smallest absolute Gasteiger partial charge is 0.331 e. The third-order valence-electron chi connectivity index (χ3n) is 2.93. The third kappa shape index (κ3) is 3.13. The molecule has 0 saturated heterocycles. The molecule has 0 spiro atoms. The van der Waals surface area contributed by atoms with Crippen LogP contribution < -0.4 is 10.3 Å². The Balaban J connectivity index is 2.89. The van der Waals surface area contributed by atoms with E-state index in [1.807, 2.05) is 17.0 Å². The number of carbonyl (C=O) groups excluding carboxylic acids is 1. The zero-order valence-electron chi connectivity index (χ0n) is 10.7. The molecule has 5 nitrogen and oxygen atoms in total. The molecular formula is C13H19N2O3+. The van der Waals surface area contributed by atoms with Crippen LogP contribution in [0, 0.1) is 0 Å². The van der Waals surface area contributed by atoms with E-state index in [1.165, 1.54) is 6.92 Å². The van der Waals surface area contributed by atoms with Crippen molar-refractivity contribution in [3.63, 3.8) is 0 Å². The Morgan fingerprint density at radius 1 is 1.39 bits per heavy atom.